The van der Waals surface area contributed by atoms with E-state index in [4.69, 9.17) is 23.2 Å². The number of anilines is 2. The molecule has 2 amide bonds. The molecular weight excluding hydrogens is 373 g/mol. The highest BCUT2D eigenvalue weighted by molar-refractivity contribution is 6.39. The van der Waals surface area contributed by atoms with Gasteiger partial charge in [-0.1, -0.05) is 29.3 Å². The van der Waals surface area contributed by atoms with Crippen LogP contribution in [0.1, 0.15) is 17.3 Å². The molecule has 0 spiro atoms. The van der Waals surface area contributed by atoms with Crippen molar-refractivity contribution in [2.24, 2.45) is 0 Å². The Kier molecular flexibility index (Phi) is 6.89. The normalized spacial score (nSPS) is 10.3. The van der Waals surface area contributed by atoms with Gasteiger partial charge in [-0.05, 0) is 43.3 Å². The number of carbonyl (C=O) groups excluding carboxylic acids is 2. The fourth-order valence-corrected chi connectivity index (χ4v) is 2.87. The van der Waals surface area contributed by atoms with Crippen molar-refractivity contribution >= 4 is 46.4 Å². The summed E-state index contributed by atoms with van der Waals surface area (Å²) in [5.41, 5.74) is 1.87. The molecule has 0 saturated carbocycles. The number of hydrogen-bond acceptors (Lipinski definition) is 3. The highest BCUT2D eigenvalue weighted by atomic mass is 35.5. The van der Waals surface area contributed by atoms with Crippen LogP contribution in [0.5, 0.6) is 0 Å². The molecule has 0 saturated heterocycles. The highest BCUT2D eigenvalue weighted by Gasteiger charge is 2.18. The van der Waals surface area contributed by atoms with Gasteiger partial charge in [-0.2, -0.15) is 0 Å². The lowest BCUT2D eigenvalue weighted by Crippen LogP contribution is -2.38. The van der Waals surface area contributed by atoms with Crippen molar-refractivity contribution < 1.29 is 9.59 Å². The maximum Gasteiger partial charge on any atom is 0.254 e. The molecule has 0 aliphatic rings. The van der Waals surface area contributed by atoms with Crippen LogP contribution in [0.15, 0.2) is 42.5 Å². The Bertz CT molecular complexity index is 772. The molecule has 1 N–H and O–H groups in total. The third-order valence-electron chi connectivity index (χ3n) is 3.86. The van der Waals surface area contributed by atoms with Crippen molar-refractivity contribution in [3.05, 3.63) is 58.1 Å². The Hall–Kier alpha value is -2.24. The van der Waals surface area contributed by atoms with Gasteiger partial charge in [0.15, 0.2) is 0 Å². The standard InChI is InChI=1S/C19H21Cl2N3O2/c1-4-24(19(26)13-8-10-14(11-9-13)23(2)3)12-17(25)22-18-15(20)6-5-7-16(18)21/h5-11H,4,12H2,1-3H3,(H,22,25). The van der Waals surface area contributed by atoms with Gasteiger partial charge in [0.2, 0.25) is 5.91 Å². The predicted octanol–water partition coefficient (Wildman–Crippen LogP) is 4.16. The lowest BCUT2D eigenvalue weighted by Gasteiger charge is -2.21. The zero-order valence-corrected chi connectivity index (χ0v) is 16.4. The summed E-state index contributed by atoms with van der Waals surface area (Å²) in [5.74, 6) is -0.571. The van der Waals surface area contributed by atoms with Crippen LogP contribution in [-0.2, 0) is 4.79 Å². The van der Waals surface area contributed by atoms with Crippen LogP contribution in [0, 0.1) is 0 Å². The molecule has 26 heavy (non-hydrogen) atoms. The molecule has 0 aliphatic carbocycles. The van der Waals surface area contributed by atoms with Crippen LogP contribution in [0.3, 0.4) is 0 Å². The summed E-state index contributed by atoms with van der Waals surface area (Å²) >= 11 is 12.1. The second kappa shape index (κ2) is 8.92. The number of rotatable bonds is 6. The predicted molar refractivity (Wildman–Crippen MR) is 107 cm³/mol. The Balaban J connectivity index is 2.08. The average Bonchev–Trinajstić information content (AvgIpc) is 2.62. The molecule has 0 aliphatic heterocycles. The summed E-state index contributed by atoms with van der Waals surface area (Å²) in [7, 11) is 3.86. The van der Waals surface area contributed by atoms with Gasteiger partial charge in [-0.3, -0.25) is 9.59 Å². The quantitative estimate of drug-likeness (QED) is 0.801. The Labute approximate surface area is 163 Å². The number of amides is 2. The minimum atomic E-state index is -0.361. The van der Waals surface area contributed by atoms with E-state index in [1.165, 1.54) is 4.90 Å². The lowest BCUT2D eigenvalue weighted by molar-refractivity contribution is -0.116. The molecule has 2 aromatic carbocycles. The fourth-order valence-electron chi connectivity index (χ4n) is 2.38. The molecule has 0 bridgehead atoms. The van der Waals surface area contributed by atoms with Gasteiger partial charge in [-0.25, -0.2) is 0 Å². The van der Waals surface area contributed by atoms with E-state index in [1.54, 1.807) is 30.3 Å². The first-order valence-electron chi connectivity index (χ1n) is 8.14. The topological polar surface area (TPSA) is 52.7 Å². The number of likely N-dealkylation sites (N-methyl/N-ethyl adjacent to an activating group) is 1. The van der Waals surface area contributed by atoms with Crippen molar-refractivity contribution in [2.75, 3.05) is 37.4 Å². The summed E-state index contributed by atoms with van der Waals surface area (Å²) in [5, 5.41) is 3.36. The number of hydrogen-bond donors (Lipinski definition) is 1. The number of nitrogens with one attached hydrogen (secondary N) is 1. The third kappa shape index (κ3) is 4.90. The van der Waals surface area contributed by atoms with Crippen molar-refractivity contribution in [1.29, 1.82) is 0 Å². The first-order chi connectivity index (χ1) is 12.3. The van der Waals surface area contributed by atoms with Crippen LogP contribution in [0.25, 0.3) is 0 Å². The zero-order chi connectivity index (χ0) is 19.3. The number of benzene rings is 2. The number of halogens is 2. The van der Waals surface area contributed by atoms with Gasteiger partial charge in [-0.15, -0.1) is 0 Å². The first-order valence-corrected chi connectivity index (χ1v) is 8.89. The smallest absolute Gasteiger partial charge is 0.254 e. The molecule has 0 heterocycles. The van der Waals surface area contributed by atoms with Gasteiger partial charge < -0.3 is 15.1 Å². The highest BCUT2D eigenvalue weighted by Crippen LogP contribution is 2.29. The van der Waals surface area contributed by atoms with Gasteiger partial charge in [0.05, 0.1) is 15.7 Å². The van der Waals surface area contributed by atoms with Crippen LogP contribution in [-0.4, -0.2) is 43.9 Å². The SMILES string of the molecule is CCN(CC(=O)Nc1c(Cl)cccc1Cl)C(=O)c1ccc(N(C)C)cc1. The van der Waals surface area contributed by atoms with Crippen molar-refractivity contribution in [3.8, 4) is 0 Å². The van der Waals surface area contributed by atoms with E-state index in [2.05, 4.69) is 5.32 Å². The molecule has 0 unspecified atom stereocenters. The minimum Gasteiger partial charge on any atom is -0.378 e. The molecule has 0 atom stereocenters. The molecule has 2 rings (SSSR count). The summed E-state index contributed by atoms with van der Waals surface area (Å²) in [4.78, 5) is 28.4. The zero-order valence-electron chi connectivity index (χ0n) is 14.9. The van der Waals surface area contributed by atoms with Gasteiger partial charge in [0, 0.05) is 31.9 Å². The summed E-state index contributed by atoms with van der Waals surface area (Å²) in [6.07, 6.45) is 0. The van der Waals surface area contributed by atoms with E-state index in [-0.39, 0.29) is 18.4 Å². The lowest BCUT2D eigenvalue weighted by atomic mass is 10.1. The molecule has 0 fully saturated rings. The first kappa shape index (κ1) is 20.1. The fraction of sp³-hybridized carbons (Fsp3) is 0.263. The van der Waals surface area contributed by atoms with Gasteiger partial charge in [0.25, 0.3) is 5.91 Å². The van der Waals surface area contributed by atoms with E-state index in [9.17, 15) is 9.59 Å². The second-order valence-corrected chi connectivity index (χ2v) is 6.72. The van der Waals surface area contributed by atoms with E-state index in [0.717, 1.165) is 5.69 Å². The summed E-state index contributed by atoms with van der Waals surface area (Å²) in [6.45, 7) is 2.13. The molecule has 7 heteroatoms. The van der Waals surface area contributed by atoms with Gasteiger partial charge >= 0.3 is 0 Å². The number of carbonyl (C=O) groups is 2. The molecule has 0 radical (unpaired) electrons. The van der Waals surface area contributed by atoms with E-state index < -0.39 is 0 Å². The molecule has 0 aromatic heterocycles. The Morgan fingerprint density at radius 1 is 1.00 bits per heavy atom. The van der Waals surface area contributed by atoms with E-state index in [0.29, 0.717) is 27.8 Å². The Morgan fingerprint density at radius 2 is 1.58 bits per heavy atom. The monoisotopic (exact) mass is 393 g/mol. The number of para-hydroxylation sites is 1. The summed E-state index contributed by atoms with van der Waals surface area (Å²) < 4.78 is 0. The largest absolute Gasteiger partial charge is 0.378 e. The molecule has 138 valence electrons. The van der Waals surface area contributed by atoms with Crippen molar-refractivity contribution in [2.45, 2.75) is 6.92 Å². The van der Waals surface area contributed by atoms with Crippen LogP contribution in [0.2, 0.25) is 10.0 Å². The third-order valence-corrected chi connectivity index (χ3v) is 4.49. The van der Waals surface area contributed by atoms with Crippen LogP contribution < -0.4 is 10.2 Å². The van der Waals surface area contributed by atoms with Crippen molar-refractivity contribution in [3.63, 3.8) is 0 Å². The maximum absolute atomic E-state index is 12.7. The molecule has 2 aromatic rings. The minimum absolute atomic E-state index is 0.0910. The van der Waals surface area contributed by atoms with Crippen LogP contribution in [0.4, 0.5) is 11.4 Å². The number of nitrogens with zero attached hydrogens (tertiary/aromatic N) is 2. The average molecular weight is 394 g/mol. The van der Waals surface area contributed by atoms with E-state index in [1.807, 2.05) is 38.1 Å². The van der Waals surface area contributed by atoms with E-state index >= 15 is 0 Å². The van der Waals surface area contributed by atoms with Gasteiger partial charge in [0.1, 0.15) is 6.54 Å². The second-order valence-electron chi connectivity index (χ2n) is 5.91. The molecular formula is C19H21Cl2N3O2. The Morgan fingerprint density at radius 3 is 2.08 bits per heavy atom. The van der Waals surface area contributed by atoms with Crippen LogP contribution >= 0.6 is 23.2 Å². The van der Waals surface area contributed by atoms with Crippen molar-refractivity contribution in [1.82, 2.24) is 4.90 Å². The summed E-state index contributed by atoms with van der Waals surface area (Å²) in [6, 6.07) is 12.2. The molecule has 5 nitrogen and oxygen atoms in total. The maximum atomic E-state index is 12.7.